The standard InChI is InChI=1S/C13H10F3N/c1-7-2-3-8(17)4-9(7)10-5-12(15)13(16)6-11(10)14/h2-6H,17H2,1H3. The van der Waals surface area contributed by atoms with Gasteiger partial charge in [0.05, 0.1) is 0 Å². The highest BCUT2D eigenvalue weighted by Gasteiger charge is 2.13. The van der Waals surface area contributed by atoms with Crippen LogP contribution in [0.2, 0.25) is 0 Å². The highest BCUT2D eigenvalue weighted by molar-refractivity contribution is 5.71. The number of aryl methyl sites for hydroxylation is 1. The Kier molecular flexibility index (Phi) is 2.79. The van der Waals surface area contributed by atoms with Crippen LogP contribution in [-0.4, -0.2) is 0 Å². The molecule has 0 aromatic heterocycles. The number of nitrogens with two attached hydrogens (primary N) is 1. The summed E-state index contributed by atoms with van der Waals surface area (Å²) in [6.07, 6.45) is 0. The van der Waals surface area contributed by atoms with Gasteiger partial charge in [-0.2, -0.15) is 0 Å². The molecule has 0 aliphatic heterocycles. The predicted molar refractivity (Wildman–Crippen MR) is 60.9 cm³/mol. The van der Waals surface area contributed by atoms with Crippen molar-refractivity contribution < 1.29 is 13.2 Å². The molecule has 2 aromatic rings. The average Bonchev–Trinajstić information content (AvgIpc) is 2.27. The average molecular weight is 237 g/mol. The fraction of sp³-hybridized carbons (Fsp3) is 0.0769. The number of nitrogen functional groups attached to an aromatic ring is 1. The lowest BCUT2D eigenvalue weighted by Gasteiger charge is -2.09. The molecule has 0 radical (unpaired) electrons. The minimum absolute atomic E-state index is 0.00806. The van der Waals surface area contributed by atoms with Crippen LogP contribution in [0.4, 0.5) is 18.9 Å². The fourth-order valence-electron chi connectivity index (χ4n) is 1.66. The van der Waals surface area contributed by atoms with Crippen molar-refractivity contribution in [2.45, 2.75) is 6.92 Å². The first-order valence-electron chi connectivity index (χ1n) is 5.00. The van der Waals surface area contributed by atoms with E-state index in [4.69, 9.17) is 5.73 Å². The lowest BCUT2D eigenvalue weighted by Crippen LogP contribution is -1.94. The van der Waals surface area contributed by atoms with E-state index in [1.54, 1.807) is 19.1 Å². The number of hydrogen-bond donors (Lipinski definition) is 1. The van der Waals surface area contributed by atoms with Gasteiger partial charge < -0.3 is 5.73 Å². The van der Waals surface area contributed by atoms with Crippen LogP contribution in [0.5, 0.6) is 0 Å². The van der Waals surface area contributed by atoms with Crippen molar-refractivity contribution in [3.05, 3.63) is 53.3 Å². The predicted octanol–water partition coefficient (Wildman–Crippen LogP) is 3.66. The van der Waals surface area contributed by atoms with Gasteiger partial charge in [-0.25, -0.2) is 13.2 Å². The third-order valence-electron chi connectivity index (χ3n) is 2.56. The zero-order valence-electron chi connectivity index (χ0n) is 9.10. The van der Waals surface area contributed by atoms with Crippen LogP contribution in [0.3, 0.4) is 0 Å². The molecule has 2 N–H and O–H groups in total. The minimum atomic E-state index is -1.20. The quantitative estimate of drug-likeness (QED) is 0.594. The smallest absolute Gasteiger partial charge is 0.161 e. The van der Waals surface area contributed by atoms with E-state index < -0.39 is 17.5 Å². The van der Waals surface area contributed by atoms with Gasteiger partial charge in [0.1, 0.15) is 5.82 Å². The molecule has 2 rings (SSSR count). The Morgan fingerprint density at radius 1 is 0.824 bits per heavy atom. The highest BCUT2D eigenvalue weighted by atomic mass is 19.2. The summed E-state index contributed by atoms with van der Waals surface area (Å²) in [4.78, 5) is 0. The van der Waals surface area contributed by atoms with E-state index in [0.717, 1.165) is 11.6 Å². The van der Waals surface area contributed by atoms with E-state index >= 15 is 0 Å². The van der Waals surface area contributed by atoms with Gasteiger partial charge in [0.25, 0.3) is 0 Å². The van der Waals surface area contributed by atoms with Crippen molar-refractivity contribution in [1.82, 2.24) is 0 Å². The van der Waals surface area contributed by atoms with Gasteiger partial charge in [-0.3, -0.25) is 0 Å². The van der Waals surface area contributed by atoms with Gasteiger partial charge in [0.15, 0.2) is 11.6 Å². The summed E-state index contributed by atoms with van der Waals surface area (Å²) >= 11 is 0. The lowest BCUT2D eigenvalue weighted by molar-refractivity contribution is 0.496. The number of rotatable bonds is 1. The third-order valence-corrected chi connectivity index (χ3v) is 2.56. The second kappa shape index (κ2) is 4.13. The van der Waals surface area contributed by atoms with E-state index in [-0.39, 0.29) is 5.56 Å². The fourth-order valence-corrected chi connectivity index (χ4v) is 1.66. The van der Waals surface area contributed by atoms with Crippen LogP contribution in [0.15, 0.2) is 30.3 Å². The van der Waals surface area contributed by atoms with Crippen LogP contribution < -0.4 is 5.73 Å². The first-order chi connectivity index (χ1) is 7.99. The zero-order valence-corrected chi connectivity index (χ0v) is 9.10. The maximum atomic E-state index is 13.6. The molecule has 0 aliphatic rings. The molecule has 0 bridgehead atoms. The zero-order chi connectivity index (χ0) is 12.6. The summed E-state index contributed by atoms with van der Waals surface area (Å²) in [6, 6.07) is 6.27. The highest BCUT2D eigenvalue weighted by Crippen LogP contribution is 2.29. The summed E-state index contributed by atoms with van der Waals surface area (Å²) in [5.41, 5.74) is 7.24. The van der Waals surface area contributed by atoms with E-state index in [9.17, 15) is 13.2 Å². The Morgan fingerprint density at radius 3 is 2.18 bits per heavy atom. The van der Waals surface area contributed by atoms with Crippen LogP contribution in [0.25, 0.3) is 11.1 Å². The van der Waals surface area contributed by atoms with Crippen LogP contribution >= 0.6 is 0 Å². The molecule has 0 fully saturated rings. The van der Waals surface area contributed by atoms with Crippen molar-refractivity contribution in [2.75, 3.05) is 5.73 Å². The molecule has 0 amide bonds. The summed E-state index contributed by atoms with van der Waals surface area (Å²) in [6.45, 7) is 1.75. The van der Waals surface area contributed by atoms with Crippen molar-refractivity contribution in [3.63, 3.8) is 0 Å². The second-order valence-electron chi connectivity index (χ2n) is 3.82. The van der Waals surface area contributed by atoms with Crippen molar-refractivity contribution >= 4 is 5.69 Å². The molecule has 17 heavy (non-hydrogen) atoms. The molecular formula is C13H10F3N. The Morgan fingerprint density at radius 2 is 1.47 bits per heavy atom. The SMILES string of the molecule is Cc1ccc(N)cc1-c1cc(F)c(F)cc1F. The molecule has 88 valence electrons. The van der Waals surface area contributed by atoms with Crippen LogP contribution in [-0.2, 0) is 0 Å². The van der Waals surface area contributed by atoms with E-state index in [1.807, 2.05) is 0 Å². The van der Waals surface area contributed by atoms with Gasteiger partial charge in [0, 0.05) is 17.3 Å². The van der Waals surface area contributed by atoms with E-state index in [2.05, 4.69) is 0 Å². The number of benzene rings is 2. The van der Waals surface area contributed by atoms with Gasteiger partial charge in [-0.1, -0.05) is 6.07 Å². The molecule has 0 saturated heterocycles. The molecule has 0 saturated carbocycles. The molecule has 4 heteroatoms. The number of halogens is 3. The summed E-state index contributed by atoms with van der Waals surface area (Å²) in [7, 11) is 0. The summed E-state index contributed by atoms with van der Waals surface area (Å²) < 4.78 is 39.5. The number of anilines is 1. The van der Waals surface area contributed by atoms with Gasteiger partial charge in [-0.15, -0.1) is 0 Å². The molecule has 1 nitrogen and oxygen atoms in total. The van der Waals surface area contributed by atoms with Gasteiger partial charge in [-0.05, 0) is 36.2 Å². The Bertz CT molecular complexity index is 579. The van der Waals surface area contributed by atoms with Crippen molar-refractivity contribution in [3.8, 4) is 11.1 Å². The topological polar surface area (TPSA) is 26.0 Å². The molecular weight excluding hydrogens is 227 g/mol. The molecule has 0 atom stereocenters. The third kappa shape index (κ3) is 2.11. The Balaban J connectivity index is 2.68. The molecule has 2 aromatic carbocycles. The number of hydrogen-bond acceptors (Lipinski definition) is 1. The van der Waals surface area contributed by atoms with Gasteiger partial charge >= 0.3 is 0 Å². The lowest BCUT2D eigenvalue weighted by atomic mass is 9.99. The first kappa shape index (κ1) is 11.5. The first-order valence-corrected chi connectivity index (χ1v) is 5.00. The summed E-state index contributed by atoms with van der Waals surface area (Å²) in [5.74, 6) is -3.09. The van der Waals surface area contributed by atoms with E-state index in [1.165, 1.54) is 6.07 Å². The summed E-state index contributed by atoms with van der Waals surface area (Å²) in [5, 5.41) is 0. The molecule has 0 spiro atoms. The van der Waals surface area contributed by atoms with Gasteiger partial charge in [0.2, 0.25) is 0 Å². The van der Waals surface area contributed by atoms with Crippen molar-refractivity contribution in [2.24, 2.45) is 0 Å². The largest absolute Gasteiger partial charge is 0.399 e. The minimum Gasteiger partial charge on any atom is -0.399 e. The van der Waals surface area contributed by atoms with Crippen LogP contribution in [0.1, 0.15) is 5.56 Å². The van der Waals surface area contributed by atoms with Crippen molar-refractivity contribution in [1.29, 1.82) is 0 Å². The van der Waals surface area contributed by atoms with Crippen LogP contribution in [0, 0.1) is 24.4 Å². The Labute approximate surface area is 96.7 Å². The molecule has 0 aliphatic carbocycles. The maximum Gasteiger partial charge on any atom is 0.161 e. The van der Waals surface area contributed by atoms with E-state index in [0.29, 0.717) is 17.3 Å². The normalized spacial score (nSPS) is 10.6. The second-order valence-corrected chi connectivity index (χ2v) is 3.82. The molecule has 0 heterocycles. The Hall–Kier alpha value is -1.97. The monoisotopic (exact) mass is 237 g/mol. The maximum absolute atomic E-state index is 13.6. The molecule has 0 unspecified atom stereocenters.